The van der Waals surface area contributed by atoms with Crippen LogP contribution in [0.15, 0.2) is 22.7 Å². The number of hydrogen-bond acceptors (Lipinski definition) is 3. The molecule has 0 amide bonds. The number of aliphatic carboxylic acids is 1. The molecule has 6 heteroatoms. The number of rotatable bonds is 4. The molecule has 1 aliphatic heterocycles. The molecule has 20 heavy (non-hydrogen) atoms. The Labute approximate surface area is 126 Å². The second kappa shape index (κ2) is 7.15. The summed E-state index contributed by atoms with van der Waals surface area (Å²) in [4.78, 5) is 14.9. The maximum absolute atomic E-state index is 13.5. The van der Waals surface area contributed by atoms with Crippen molar-refractivity contribution in [2.75, 3.05) is 32.7 Å². The van der Waals surface area contributed by atoms with Crippen molar-refractivity contribution in [1.29, 1.82) is 0 Å². The smallest absolute Gasteiger partial charge is 0.317 e. The van der Waals surface area contributed by atoms with Crippen LogP contribution in [0.25, 0.3) is 0 Å². The molecule has 1 aliphatic rings. The quantitative estimate of drug-likeness (QED) is 0.909. The lowest BCUT2D eigenvalue weighted by atomic mass is 10.2. The zero-order valence-corrected chi connectivity index (χ0v) is 12.8. The molecule has 1 fully saturated rings. The van der Waals surface area contributed by atoms with Crippen LogP contribution in [0.3, 0.4) is 0 Å². The van der Waals surface area contributed by atoms with Crippen LogP contribution in [-0.4, -0.2) is 53.6 Å². The third kappa shape index (κ3) is 4.54. The van der Waals surface area contributed by atoms with Crippen molar-refractivity contribution in [1.82, 2.24) is 9.80 Å². The molecule has 1 saturated heterocycles. The van der Waals surface area contributed by atoms with Crippen LogP contribution in [-0.2, 0) is 11.3 Å². The highest BCUT2D eigenvalue weighted by Crippen LogP contribution is 2.18. The van der Waals surface area contributed by atoms with Gasteiger partial charge < -0.3 is 5.11 Å². The summed E-state index contributed by atoms with van der Waals surface area (Å²) in [5.74, 6) is -1.03. The minimum Gasteiger partial charge on any atom is -0.480 e. The zero-order valence-electron chi connectivity index (χ0n) is 11.2. The lowest BCUT2D eigenvalue weighted by molar-refractivity contribution is -0.138. The fourth-order valence-electron chi connectivity index (χ4n) is 2.43. The number of benzene rings is 1. The predicted molar refractivity (Wildman–Crippen MR) is 78.1 cm³/mol. The summed E-state index contributed by atoms with van der Waals surface area (Å²) < 4.78 is 14.0. The summed E-state index contributed by atoms with van der Waals surface area (Å²) >= 11 is 3.15. The average Bonchev–Trinajstić information content (AvgIpc) is 2.59. The van der Waals surface area contributed by atoms with Crippen LogP contribution in [0.5, 0.6) is 0 Å². The van der Waals surface area contributed by atoms with Crippen LogP contribution in [0, 0.1) is 5.82 Å². The minimum atomic E-state index is -0.784. The molecular weight excluding hydrogens is 327 g/mol. The van der Waals surface area contributed by atoms with Gasteiger partial charge in [0.25, 0.3) is 0 Å². The van der Waals surface area contributed by atoms with Gasteiger partial charge in [-0.1, -0.05) is 6.07 Å². The second-order valence-corrected chi connectivity index (χ2v) is 5.90. The van der Waals surface area contributed by atoms with Gasteiger partial charge in [-0.05, 0) is 46.6 Å². The molecule has 1 aromatic carbocycles. The van der Waals surface area contributed by atoms with Crippen LogP contribution in [0.2, 0.25) is 0 Å². The molecular formula is C14H18BrFN2O2. The third-order valence-corrected chi connectivity index (χ3v) is 4.07. The molecule has 0 radical (unpaired) electrons. The van der Waals surface area contributed by atoms with Gasteiger partial charge in [0.05, 0.1) is 11.0 Å². The summed E-state index contributed by atoms with van der Waals surface area (Å²) in [6.45, 7) is 4.06. The first-order chi connectivity index (χ1) is 9.54. The van der Waals surface area contributed by atoms with Crippen molar-refractivity contribution in [3.63, 3.8) is 0 Å². The van der Waals surface area contributed by atoms with E-state index in [0.717, 1.165) is 38.2 Å². The number of carboxylic acid groups (broad SMARTS) is 1. The Morgan fingerprint density at radius 1 is 1.25 bits per heavy atom. The Morgan fingerprint density at radius 2 is 1.95 bits per heavy atom. The lowest BCUT2D eigenvalue weighted by Crippen LogP contribution is -2.34. The molecule has 0 saturated carbocycles. The molecule has 0 atom stereocenters. The number of carbonyl (C=O) groups is 1. The monoisotopic (exact) mass is 344 g/mol. The Hall–Kier alpha value is -0.980. The second-order valence-electron chi connectivity index (χ2n) is 5.05. The third-order valence-electron chi connectivity index (χ3n) is 3.43. The average molecular weight is 345 g/mol. The summed E-state index contributed by atoms with van der Waals surface area (Å²) in [6.07, 6.45) is 0.937. The van der Waals surface area contributed by atoms with Gasteiger partial charge in [-0.15, -0.1) is 0 Å². The summed E-state index contributed by atoms with van der Waals surface area (Å²) in [6, 6.07) is 5.18. The molecule has 1 aromatic rings. The van der Waals surface area contributed by atoms with Gasteiger partial charge in [-0.25, -0.2) is 4.39 Å². The minimum absolute atomic E-state index is 0.0980. The first kappa shape index (κ1) is 15.4. The van der Waals surface area contributed by atoms with E-state index in [0.29, 0.717) is 11.0 Å². The van der Waals surface area contributed by atoms with E-state index in [1.807, 2.05) is 11.0 Å². The van der Waals surface area contributed by atoms with Crippen molar-refractivity contribution in [2.24, 2.45) is 0 Å². The molecule has 0 spiro atoms. The van der Waals surface area contributed by atoms with Gasteiger partial charge in [0.2, 0.25) is 0 Å². The zero-order chi connectivity index (χ0) is 14.5. The van der Waals surface area contributed by atoms with E-state index in [1.54, 1.807) is 12.1 Å². The number of hydrogen-bond donors (Lipinski definition) is 1. The van der Waals surface area contributed by atoms with Gasteiger partial charge in [0.15, 0.2) is 0 Å². The summed E-state index contributed by atoms with van der Waals surface area (Å²) in [5.41, 5.74) is 0.942. The van der Waals surface area contributed by atoms with Gasteiger partial charge in [0.1, 0.15) is 5.82 Å². The van der Waals surface area contributed by atoms with Crippen molar-refractivity contribution < 1.29 is 14.3 Å². The molecule has 0 bridgehead atoms. The Kier molecular flexibility index (Phi) is 5.51. The fourth-order valence-corrected chi connectivity index (χ4v) is 2.67. The van der Waals surface area contributed by atoms with Crippen LogP contribution >= 0.6 is 15.9 Å². The Morgan fingerprint density at radius 3 is 2.65 bits per heavy atom. The van der Waals surface area contributed by atoms with Gasteiger partial charge in [-0.3, -0.25) is 14.6 Å². The van der Waals surface area contributed by atoms with Crippen LogP contribution in [0.1, 0.15) is 12.0 Å². The summed E-state index contributed by atoms with van der Waals surface area (Å²) in [7, 11) is 0. The highest BCUT2D eigenvalue weighted by atomic mass is 79.9. The molecule has 0 unspecified atom stereocenters. The van der Waals surface area contributed by atoms with Gasteiger partial charge in [0, 0.05) is 26.2 Å². The standard InChI is InChI=1S/C14H18BrFN2O2/c15-12-3-2-11(8-13(12)16)9-17-4-1-5-18(7-6-17)10-14(19)20/h2-3,8H,1,4-7,9-10H2,(H,19,20). The van der Waals surface area contributed by atoms with Crippen molar-refractivity contribution >= 4 is 21.9 Å². The molecule has 1 N–H and O–H groups in total. The van der Waals surface area contributed by atoms with Crippen molar-refractivity contribution in [2.45, 2.75) is 13.0 Å². The van der Waals surface area contributed by atoms with E-state index >= 15 is 0 Å². The maximum atomic E-state index is 13.5. The van der Waals surface area contributed by atoms with E-state index in [2.05, 4.69) is 20.8 Å². The Balaban J connectivity index is 1.90. The van der Waals surface area contributed by atoms with Crippen molar-refractivity contribution in [3.8, 4) is 0 Å². The Bertz CT molecular complexity index is 484. The highest BCUT2D eigenvalue weighted by Gasteiger charge is 2.17. The largest absolute Gasteiger partial charge is 0.480 e. The van der Waals surface area contributed by atoms with Gasteiger partial charge >= 0.3 is 5.97 Å². The van der Waals surface area contributed by atoms with Crippen molar-refractivity contribution in [3.05, 3.63) is 34.1 Å². The predicted octanol–water partition coefficient (Wildman–Crippen LogP) is 2.18. The fraction of sp³-hybridized carbons (Fsp3) is 0.500. The molecule has 1 heterocycles. The lowest BCUT2D eigenvalue weighted by Gasteiger charge is -2.21. The van der Waals surface area contributed by atoms with E-state index in [1.165, 1.54) is 0 Å². The van der Waals surface area contributed by atoms with E-state index < -0.39 is 5.97 Å². The highest BCUT2D eigenvalue weighted by molar-refractivity contribution is 9.10. The molecule has 4 nitrogen and oxygen atoms in total. The maximum Gasteiger partial charge on any atom is 0.317 e. The van der Waals surface area contributed by atoms with E-state index in [-0.39, 0.29) is 12.4 Å². The topological polar surface area (TPSA) is 43.8 Å². The normalized spacial score (nSPS) is 17.9. The SMILES string of the molecule is O=C(O)CN1CCCN(Cc2ccc(Br)c(F)c2)CC1. The van der Waals surface area contributed by atoms with E-state index in [4.69, 9.17) is 5.11 Å². The van der Waals surface area contributed by atoms with Crippen LogP contribution in [0.4, 0.5) is 4.39 Å². The molecule has 110 valence electrons. The summed E-state index contributed by atoms with van der Waals surface area (Å²) in [5, 5.41) is 8.81. The molecule has 0 aromatic heterocycles. The van der Waals surface area contributed by atoms with E-state index in [9.17, 15) is 9.18 Å². The van der Waals surface area contributed by atoms with Crippen LogP contribution < -0.4 is 0 Å². The number of nitrogens with zero attached hydrogens (tertiary/aromatic N) is 2. The molecule has 2 rings (SSSR count). The number of carboxylic acids is 1. The number of halogens is 2. The first-order valence-corrected chi connectivity index (χ1v) is 7.44. The molecule has 0 aliphatic carbocycles. The van der Waals surface area contributed by atoms with Gasteiger partial charge in [-0.2, -0.15) is 0 Å². The first-order valence-electron chi connectivity index (χ1n) is 6.65.